The molecule has 0 spiro atoms. The third-order valence-electron chi connectivity index (χ3n) is 28.3. The van der Waals surface area contributed by atoms with Gasteiger partial charge in [-0.3, -0.25) is 4.98 Å². The van der Waals surface area contributed by atoms with Crippen molar-refractivity contribution in [2.75, 3.05) is 38.0 Å². The molecule has 0 radical (unpaired) electrons. The van der Waals surface area contributed by atoms with Crippen molar-refractivity contribution in [3.05, 3.63) is 281 Å². The van der Waals surface area contributed by atoms with Crippen LogP contribution in [0, 0.1) is 107 Å². The van der Waals surface area contributed by atoms with Gasteiger partial charge in [-0.05, 0) is 404 Å². The van der Waals surface area contributed by atoms with E-state index in [2.05, 4.69) is 309 Å². The van der Waals surface area contributed by atoms with Crippen LogP contribution in [0.15, 0.2) is 231 Å². The predicted octanol–water partition coefficient (Wildman–Crippen LogP) is 28.4. The molecule has 9 aromatic rings. The Labute approximate surface area is 757 Å². The Balaban J connectivity index is 0.000000152. The normalized spacial score (nSPS) is 22.6. The molecule has 15 rings (SSSR count). The Morgan fingerprint density at radius 1 is 0.296 bits per heavy atom. The van der Waals surface area contributed by atoms with Crippen molar-refractivity contribution in [3.63, 3.8) is 0 Å². The van der Waals surface area contributed by atoms with Gasteiger partial charge >= 0.3 is 0 Å². The van der Waals surface area contributed by atoms with Crippen LogP contribution in [0.5, 0.6) is 28.7 Å². The van der Waals surface area contributed by atoms with E-state index >= 15 is 0 Å². The number of hydrogen-bond acceptors (Lipinski definition) is 10. The molecule has 0 bridgehead atoms. The minimum atomic E-state index is 0.355. The van der Waals surface area contributed by atoms with Gasteiger partial charge in [0.25, 0.3) is 0 Å². The molecule has 10 heteroatoms. The lowest BCUT2D eigenvalue weighted by Gasteiger charge is -2.33. The summed E-state index contributed by atoms with van der Waals surface area (Å²) >= 11 is 0. The molecule has 15 atom stereocenters. The van der Waals surface area contributed by atoms with Gasteiger partial charge in [-0.25, -0.2) is 0 Å². The highest BCUT2D eigenvalue weighted by molar-refractivity contribution is 5.41. The van der Waals surface area contributed by atoms with Crippen molar-refractivity contribution >= 4 is 5.69 Å². The maximum Gasteiger partial charge on any atom is 0.119 e. The highest BCUT2D eigenvalue weighted by Gasteiger charge is 2.33. The Hall–Kier alpha value is -8.41. The zero-order valence-electron chi connectivity index (χ0n) is 78.9. The molecule has 6 aliphatic carbocycles. The Morgan fingerprint density at radius 3 is 0.968 bits per heavy atom. The fourth-order valence-corrected chi connectivity index (χ4v) is 20.5. The Kier molecular flexibility index (Phi) is 42.0. The average molecular weight is 1690 g/mol. The molecule has 1 heterocycles. The first-order valence-corrected chi connectivity index (χ1v) is 49.5. The summed E-state index contributed by atoms with van der Waals surface area (Å²) in [7, 11) is 0. The van der Waals surface area contributed by atoms with E-state index in [1.165, 1.54) is 237 Å². The smallest absolute Gasteiger partial charge is 0.119 e. The van der Waals surface area contributed by atoms with Crippen LogP contribution in [-0.2, 0) is 19.5 Å². The van der Waals surface area contributed by atoms with Gasteiger partial charge in [0.15, 0.2) is 0 Å². The molecule has 0 amide bonds. The number of benzene rings is 8. The quantitative estimate of drug-likeness (QED) is 0.0312. The van der Waals surface area contributed by atoms with Gasteiger partial charge in [0.2, 0.25) is 0 Å². The van der Waals surface area contributed by atoms with E-state index in [1.807, 2.05) is 24.5 Å². The number of aromatic nitrogens is 1. The molecule has 6 aliphatic rings. The number of rotatable bonds is 34. The Bertz CT molecular complexity index is 4270. The van der Waals surface area contributed by atoms with Crippen LogP contribution in [0.4, 0.5) is 5.69 Å². The number of pyridine rings is 1. The molecule has 1 aromatic heterocycles. The van der Waals surface area contributed by atoms with Crippen molar-refractivity contribution < 1.29 is 23.7 Å². The highest BCUT2D eigenvalue weighted by atomic mass is 16.5. The van der Waals surface area contributed by atoms with Gasteiger partial charge in [0, 0.05) is 37.7 Å². The fourth-order valence-electron chi connectivity index (χ4n) is 20.5. The van der Waals surface area contributed by atoms with Crippen molar-refractivity contribution in [2.24, 2.45) is 65.1 Å². The molecule has 6 saturated carbocycles. The van der Waals surface area contributed by atoms with Crippen LogP contribution in [0.1, 0.15) is 258 Å². The largest absolute Gasteiger partial charge is 0.490 e. The zero-order chi connectivity index (χ0) is 87.6. The third kappa shape index (κ3) is 36.3. The van der Waals surface area contributed by atoms with Crippen LogP contribution in [0.25, 0.3) is 0 Å². The molecular formula is C115H161N5O5. The molecule has 8 aromatic carbocycles. The Morgan fingerprint density at radius 2 is 0.624 bits per heavy atom. The number of aryl methyl sites for hydroxylation is 7. The SMILES string of the molecule is Cc1ccc(CCCC(C)C2CCCC(Oc3cccc(C)c3)C2)cc1.Cc1cccc(OC2CCCC(C(C)CNCC3CCCCC3)C2)c1.Cc1cccc(OC2CCCC(C(C)CNCc3ccccc3)C2)c1.Cc1cccc(OC2CCCC(C(C)CNCc3ccccc3)C2)c1.Cc1cccc(OC2CCCC(C(C)CNc3ccncc3)C2)c1. The molecule has 4 N–H and O–H groups in total. The number of anilines is 1. The fraction of sp³-hybridized carbons (Fsp3) is 0.539. The summed E-state index contributed by atoms with van der Waals surface area (Å²) < 4.78 is 31.4. The monoisotopic (exact) mass is 1690 g/mol. The zero-order valence-corrected chi connectivity index (χ0v) is 78.9. The number of hydrogen-bond donors (Lipinski definition) is 4. The average Bonchev–Trinajstić information content (AvgIpc) is 0.870. The van der Waals surface area contributed by atoms with Crippen LogP contribution in [0.2, 0.25) is 0 Å². The highest BCUT2D eigenvalue weighted by Crippen LogP contribution is 2.40. The molecule has 0 aliphatic heterocycles. The summed E-state index contributed by atoms with van der Waals surface area (Å²) in [5.74, 6) is 13.5. The topological polar surface area (TPSA) is 107 Å². The van der Waals surface area contributed by atoms with Gasteiger partial charge in [-0.1, -0.05) is 211 Å². The van der Waals surface area contributed by atoms with E-state index in [1.54, 1.807) is 0 Å². The van der Waals surface area contributed by atoms with Gasteiger partial charge in [0.05, 0.1) is 30.5 Å². The van der Waals surface area contributed by atoms with Crippen LogP contribution in [0.3, 0.4) is 0 Å². The summed E-state index contributed by atoms with van der Waals surface area (Å²) in [6.45, 7) is 32.3. The second-order valence-electron chi connectivity index (χ2n) is 39.2. The van der Waals surface area contributed by atoms with Crippen LogP contribution >= 0.6 is 0 Å². The van der Waals surface area contributed by atoms with E-state index in [4.69, 9.17) is 23.7 Å². The standard InChI is InChI=1S/C25H34O.C23H37NO.2C23H31NO.C21H28N2O/c1-19-13-15-22(16-14-19)9-5-8-21(3)23-10-6-12-25(18-23)26-24-11-4-7-20(2)17-24;3*1-18-8-6-12-22(14-18)25-23-13-7-11-21(15-23)19(2)16-24-17-20-9-4-3-5-10-20;1-16-5-3-7-20(13-16)24-21-8-4-6-18(14-21)17(2)15-23-19-9-11-22-12-10-19/h4,7,11,13-17,21,23,25H,5-6,8-10,12,18H2,1-3H3;6,8,12,14,19-21,23-24H,3-5,7,9-11,13,15-17H2,1-2H3;2*3-6,8-10,12,14,19,21,23-24H,7,11,13,15-17H2,1-2H3;3,5,7,9-13,17-18,21H,4,6,8,14-15H2,1-2H3,(H,22,23). The van der Waals surface area contributed by atoms with Gasteiger partial charge < -0.3 is 45.0 Å². The lowest BCUT2D eigenvalue weighted by molar-refractivity contribution is 0.0996. The summed E-state index contributed by atoms with van der Waals surface area (Å²) in [6.07, 6.45) is 41.8. The first-order chi connectivity index (χ1) is 60.9. The van der Waals surface area contributed by atoms with Gasteiger partial charge in [0.1, 0.15) is 28.7 Å². The molecule has 676 valence electrons. The van der Waals surface area contributed by atoms with Gasteiger partial charge in [-0.15, -0.1) is 0 Å². The first-order valence-electron chi connectivity index (χ1n) is 49.5. The summed E-state index contributed by atoms with van der Waals surface area (Å²) in [6, 6.07) is 76.7. The molecule has 0 saturated heterocycles. The third-order valence-corrected chi connectivity index (χ3v) is 28.3. The summed E-state index contributed by atoms with van der Waals surface area (Å²) in [5, 5.41) is 14.6. The summed E-state index contributed by atoms with van der Waals surface area (Å²) in [4.78, 5) is 4.06. The van der Waals surface area contributed by atoms with E-state index in [0.29, 0.717) is 48.3 Å². The van der Waals surface area contributed by atoms with E-state index in [9.17, 15) is 0 Å². The van der Waals surface area contributed by atoms with Crippen molar-refractivity contribution in [3.8, 4) is 28.7 Å². The van der Waals surface area contributed by atoms with Gasteiger partial charge in [-0.2, -0.15) is 0 Å². The first kappa shape index (κ1) is 97.2. The molecular weight excluding hydrogens is 1530 g/mol. The molecule has 15 unspecified atom stereocenters. The molecule has 10 nitrogen and oxygen atoms in total. The molecule has 6 fully saturated rings. The second kappa shape index (κ2) is 54.0. The van der Waals surface area contributed by atoms with E-state index in [-0.39, 0.29) is 0 Å². The van der Waals surface area contributed by atoms with Crippen LogP contribution in [-0.4, -0.2) is 68.2 Å². The minimum absolute atomic E-state index is 0.355. The number of nitrogens with one attached hydrogen (secondary N) is 4. The van der Waals surface area contributed by atoms with E-state index in [0.717, 1.165) is 121 Å². The van der Waals surface area contributed by atoms with Crippen LogP contribution < -0.4 is 45.0 Å². The van der Waals surface area contributed by atoms with Crippen molar-refractivity contribution in [1.82, 2.24) is 20.9 Å². The maximum absolute atomic E-state index is 6.30. The minimum Gasteiger partial charge on any atom is -0.490 e. The summed E-state index contributed by atoms with van der Waals surface area (Å²) in [5.41, 5.74) is 13.1. The second-order valence-corrected chi connectivity index (χ2v) is 39.2. The lowest BCUT2D eigenvalue weighted by atomic mass is 9.77. The lowest BCUT2D eigenvalue weighted by Crippen LogP contribution is -2.35. The predicted molar refractivity (Wildman–Crippen MR) is 526 cm³/mol. The van der Waals surface area contributed by atoms with Crippen molar-refractivity contribution in [2.45, 2.75) is 300 Å². The van der Waals surface area contributed by atoms with Crippen molar-refractivity contribution in [1.29, 1.82) is 0 Å². The number of nitrogens with zero attached hydrogens (tertiary/aromatic N) is 1. The number of ether oxygens (including phenoxy) is 5. The maximum atomic E-state index is 6.30. The molecule has 125 heavy (non-hydrogen) atoms. The van der Waals surface area contributed by atoms with E-state index < -0.39 is 0 Å².